The Morgan fingerprint density at radius 1 is 1.38 bits per heavy atom. The maximum absolute atomic E-state index is 12.5. The van der Waals surface area contributed by atoms with Crippen LogP contribution in [0.2, 0.25) is 0 Å². The second kappa shape index (κ2) is 9.09. The van der Waals surface area contributed by atoms with E-state index in [4.69, 9.17) is 23.7 Å². The van der Waals surface area contributed by atoms with E-state index in [2.05, 4.69) is 15.9 Å². The smallest absolute Gasteiger partial charge is 0.237 e. The molecule has 1 aromatic heterocycles. The van der Waals surface area contributed by atoms with E-state index in [9.17, 15) is 9.59 Å². The lowest BCUT2D eigenvalue weighted by atomic mass is 9.74. The van der Waals surface area contributed by atoms with E-state index in [1.165, 1.54) is 14.2 Å². The van der Waals surface area contributed by atoms with Gasteiger partial charge in [-0.2, -0.15) is 0 Å². The van der Waals surface area contributed by atoms with Gasteiger partial charge >= 0.3 is 0 Å². The number of carbonyl (C=O) groups excluding carboxylic acids is 1. The molecule has 1 aliphatic heterocycles. The normalized spacial score (nSPS) is 25.0. The number of aldehydes is 1. The predicted molar refractivity (Wildman–Crippen MR) is 96.4 cm³/mol. The molecule has 3 unspecified atom stereocenters. The van der Waals surface area contributed by atoms with Crippen molar-refractivity contribution in [3.8, 4) is 5.75 Å². The number of rotatable bonds is 9. The average molecular weight is 434 g/mol. The summed E-state index contributed by atoms with van der Waals surface area (Å²) in [5, 5.41) is 0. The zero-order valence-corrected chi connectivity index (χ0v) is 16.9. The van der Waals surface area contributed by atoms with Gasteiger partial charge in [0.15, 0.2) is 5.75 Å². The van der Waals surface area contributed by atoms with E-state index in [-0.39, 0.29) is 37.3 Å². The number of hydrogen-bond donors (Lipinski definition) is 0. The third-order valence-corrected chi connectivity index (χ3v) is 5.18. The molecule has 0 bridgehead atoms. The topological polar surface area (TPSA) is 85.2 Å². The molecule has 146 valence electrons. The third-order valence-electron chi connectivity index (χ3n) is 4.62. The van der Waals surface area contributed by atoms with Gasteiger partial charge in [-0.3, -0.25) is 4.79 Å². The lowest BCUT2D eigenvalue weighted by Gasteiger charge is -2.47. The summed E-state index contributed by atoms with van der Waals surface area (Å²) < 4.78 is 29.9. The Kier molecular flexibility index (Phi) is 7.36. The molecular formula is C17H24BrNO7. The fourth-order valence-electron chi connectivity index (χ4n) is 3.35. The lowest BCUT2D eigenvalue weighted by Crippen LogP contribution is -2.51. The number of pyridine rings is 1. The maximum Gasteiger partial charge on any atom is 0.237 e. The summed E-state index contributed by atoms with van der Waals surface area (Å²) in [5.74, 6) is 0.191. The molecule has 0 aromatic carbocycles. The molecule has 26 heavy (non-hydrogen) atoms. The van der Waals surface area contributed by atoms with Crippen LogP contribution >= 0.6 is 15.9 Å². The van der Waals surface area contributed by atoms with Crippen LogP contribution in [0.3, 0.4) is 0 Å². The minimum atomic E-state index is -0.677. The number of nitrogens with zero attached hydrogens (tertiary/aromatic N) is 1. The Morgan fingerprint density at radius 2 is 2.12 bits per heavy atom. The molecule has 2 heterocycles. The summed E-state index contributed by atoms with van der Waals surface area (Å²) in [7, 11) is 4.57. The molecule has 1 aromatic rings. The van der Waals surface area contributed by atoms with Gasteiger partial charge in [-0.05, 0) is 15.9 Å². The van der Waals surface area contributed by atoms with Gasteiger partial charge in [0.25, 0.3) is 0 Å². The van der Waals surface area contributed by atoms with Crippen LogP contribution in [-0.2, 0) is 30.3 Å². The number of halogens is 1. The monoisotopic (exact) mass is 433 g/mol. The molecule has 8 nitrogen and oxygen atoms in total. The fourth-order valence-corrected chi connectivity index (χ4v) is 3.78. The zero-order valence-electron chi connectivity index (χ0n) is 15.3. The Bertz CT molecular complexity index is 692. The van der Waals surface area contributed by atoms with Crippen molar-refractivity contribution >= 4 is 22.2 Å². The molecule has 0 amide bonds. The van der Waals surface area contributed by atoms with Gasteiger partial charge in [0.2, 0.25) is 5.43 Å². The van der Waals surface area contributed by atoms with Gasteiger partial charge in [-0.15, -0.1) is 0 Å². The first-order valence-corrected chi connectivity index (χ1v) is 8.85. The van der Waals surface area contributed by atoms with E-state index in [0.29, 0.717) is 23.0 Å². The second-order valence-corrected chi connectivity index (χ2v) is 7.10. The Morgan fingerprint density at radius 3 is 2.69 bits per heavy atom. The molecule has 0 aliphatic carbocycles. The van der Waals surface area contributed by atoms with Gasteiger partial charge < -0.3 is 33.0 Å². The highest BCUT2D eigenvalue weighted by Gasteiger charge is 2.50. The summed E-state index contributed by atoms with van der Waals surface area (Å²) in [4.78, 5) is 23.2. The molecule has 0 saturated heterocycles. The van der Waals surface area contributed by atoms with Crippen molar-refractivity contribution in [1.29, 1.82) is 0 Å². The summed E-state index contributed by atoms with van der Waals surface area (Å²) in [6.07, 6.45) is 1.49. The van der Waals surface area contributed by atoms with Gasteiger partial charge in [0.1, 0.15) is 25.8 Å². The van der Waals surface area contributed by atoms with Crippen molar-refractivity contribution < 1.29 is 28.5 Å². The second-order valence-electron chi connectivity index (χ2n) is 6.24. The molecular weight excluding hydrogens is 410 g/mol. The number of carbonyl (C=O) groups is 1. The maximum atomic E-state index is 12.5. The van der Waals surface area contributed by atoms with E-state index >= 15 is 0 Å². The molecule has 2 rings (SSSR count). The number of hydrogen-bond acceptors (Lipinski definition) is 7. The van der Waals surface area contributed by atoms with Crippen molar-refractivity contribution in [2.45, 2.75) is 25.7 Å². The van der Waals surface area contributed by atoms with E-state index in [1.807, 2.05) is 11.5 Å². The van der Waals surface area contributed by atoms with Gasteiger partial charge in [0, 0.05) is 27.0 Å². The van der Waals surface area contributed by atoms with Crippen LogP contribution in [0, 0.1) is 5.41 Å². The fraction of sp³-hybridized carbons (Fsp3) is 0.647. The van der Waals surface area contributed by atoms with Crippen LogP contribution in [0.4, 0.5) is 0 Å². The van der Waals surface area contributed by atoms with Gasteiger partial charge in [-0.1, -0.05) is 6.92 Å². The Balaban J connectivity index is 2.61. The third kappa shape index (κ3) is 3.86. The highest BCUT2D eigenvalue weighted by atomic mass is 79.9. The number of aromatic nitrogens is 1. The quantitative estimate of drug-likeness (QED) is 0.331. The van der Waals surface area contributed by atoms with E-state index < -0.39 is 11.5 Å². The summed E-state index contributed by atoms with van der Waals surface area (Å²) in [6.45, 7) is 2.58. The molecule has 0 saturated carbocycles. The minimum Gasteiger partial charge on any atom is -0.491 e. The van der Waals surface area contributed by atoms with Crippen LogP contribution in [-0.4, -0.2) is 58.3 Å². The standard InChI is InChI=1S/C17H24BrNO7/c1-17(9-25-6-5-20)12(23-3)8-19-7-11(18)14(21)15(24-4)13(19)16(17)26-10-22-2/h5,7,12,16H,6,8-10H2,1-4H3. The van der Waals surface area contributed by atoms with E-state index in [0.717, 1.165) is 0 Å². The highest BCUT2D eigenvalue weighted by Crippen LogP contribution is 2.47. The van der Waals surface area contributed by atoms with Crippen molar-refractivity contribution in [2.75, 3.05) is 41.3 Å². The van der Waals surface area contributed by atoms with Crippen molar-refractivity contribution in [3.63, 3.8) is 0 Å². The summed E-state index contributed by atoms with van der Waals surface area (Å²) in [6, 6.07) is 0. The Labute approximate surface area is 160 Å². The molecule has 0 spiro atoms. The first-order valence-electron chi connectivity index (χ1n) is 8.06. The van der Waals surface area contributed by atoms with Crippen molar-refractivity contribution in [2.24, 2.45) is 5.41 Å². The number of ether oxygens (including phenoxy) is 5. The molecule has 1 aliphatic rings. The minimum absolute atomic E-state index is 0.0117. The van der Waals surface area contributed by atoms with Gasteiger partial charge in [-0.25, -0.2) is 0 Å². The molecule has 3 atom stereocenters. The first-order chi connectivity index (χ1) is 12.4. The zero-order chi connectivity index (χ0) is 19.3. The van der Waals surface area contributed by atoms with Crippen LogP contribution < -0.4 is 10.2 Å². The van der Waals surface area contributed by atoms with Crippen LogP contribution in [0.1, 0.15) is 18.7 Å². The SMILES string of the molecule is COCOC1c2c(OC)c(=O)c(Br)cn2CC(OC)C1(C)COCC=O. The van der Waals surface area contributed by atoms with Gasteiger partial charge in [0.05, 0.1) is 35.4 Å². The van der Waals surface area contributed by atoms with Crippen molar-refractivity contribution in [1.82, 2.24) is 4.57 Å². The highest BCUT2D eigenvalue weighted by molar-refractivity contribution is 9.10. The summed E-state index contributed by atoms with van der Waals surface area (Å²) in [5.41, 5.74) is -0.357. The molecule has 0 fully saturated rings. The van der Waals surface area contributed by atoms with Crippen LogP contribution in [0.25, 0.3) is 0 Å². The average Bonchev–Trinajstić information content (AvgIpc) is 2.62. The molecule has 0 radical (unpaired) electrons. The Hall–Kier alpha value is -1.26. The van der Waals surface area contributed by atoms with Crippen LogP contribution in [0.15, 0.2) is 15.5 Å². The summed E-state index contributed by atoms with van der Waals surface area (Å²) >= 11 is 3.28. The predicted octanol–water partition coefficient (Wildman–Crippen LogP) is 1.53. The molecule has 0 N–H and O–H groups in total. The van der Waals surface area contributed by atoms with Crippen molar-refractivity contribution in [3.05, 3.63) is 26.6 Å². The lowest BCUT2D eigenvalue weighted by molar-refractivity contribution is -0.189. The largest absolute Gasteiger partial charge is 0.491 e. The number of fused-ring (bicyclic) bond motifs is 1. The molecule has 9 heteroatoms. The first kappa shape index (κ1) is 21.0. The van der Waals surface area contributed by atoms with Crippen LogP contribution in [0.5, 0.6) is 5.75 Å². The van der Waals surface area contributed by atoms with E-state index in [1.54, 1.807) is 13.3 Å². The number of methoxy groups -OCH3 is 3.